The quantitative estimate of drug-likeness (QED) is 0.677. The van der Waals surface area contributed by atoms with Gasteiger partial charge in [-0.1, -0.05) is 0 Å². The van der Waals surface area contributed by atoms with Gasteiger partial charge in [-0.05, 0) is 30.3 Å². The summed E-state index contributed by atoms with van der Waals surface area (Å²) >= 11 is 0. The molecule has 7 nitrogen and oxygen atoms in total. The molecular formula is C20H20N2O5. The number of methoxy groups -OCH3 is 3. The molecule has 0 radical (unpaired) electrons. The summed E-state index contributed by atoms with van der Waals surface area (Å²) in [4.78, 5) is 23.9. The van der Waals surface area contributed by atoms with Crippen molar-refractivity contribution >= 4 is 28.5 Å². The lowest BCUT2D eigenvalue weighted by atomic mass is 10.2. The van der Waals surface area contributed by atoms with E-state index < -0.39 is 5.97 Å². The van der Waals surface area contributed by atoms with Crippen LogP contribution >= 0.6 is 0 Å². The van der Waals surface area contributed by atoms with Gasteiger partial charge in [-0.25, -0.2) is 4.79 Å². The van der Waals surface area contributed by atoms with E-state index in [0.29, 0.717) is 22.7 Å². The van der Waals surface area contributed by atoms with Gasteiger partial charge in [0, 0.05) is 29.4 Å². The summed E-state index contributed by atoms with van der Waals surface area (Å²) in [6, 6.07) is 12.1. The van der Waals surface area contributed by atoms with Crippen molar-refractivity contribution in [3.63, 3.8) is 0 Å². The summed E-state index contributed by atoms with van der Waals surface area (Å²) in [5, 5.41) is 3.71. The van der Waals surface area contributed by atoms with Crippen molar-refractivity contribution in [2.75, 3.05) is 26.6 Å². The molecule has 1 N–H and O–H groups in total. The first-order valence-electron chi connectivity index (χ1n) is 8.25. The minimum absolute atomic E-state index is 0.124. The van der Waals surface area contributed by atoms with Crippen molar-refractivity contribution < 1.29 is 23.8 Å². The van der Waals surface area contributed by atoms with Crippen LogP contribution in [0.3, 0.4) is 0 Å². The fourth-order valence-electron chi connectivity index (χ4n) is 2.82. The Bertz CT molecular complexity index is 976. The molecule has 140 valence electrons. The molecule has 1 amide bonds. The maximum Gasteiger partial charge on any atom is 0.337 e. The first-order valence-corrected chi connectivity index (χ1v) is 8.25. The molecule has 1 aromatic heterocycles. The van der Waals surface area contributed by atoms with Crippen LogP contribution in [0.5, 0.6) is 11.5 Å². The third-order valence-corrected chi connectivity index (χ3v) is 4.18. The lowest BCUT2D eigenvalue weighted by molar-refractivity contribution is -0.116. The second-order valence-corrected chi connectivity index (χ2v) is 5.82. The van der Waals surface area contributed by atoms with Crippen molar-refractivity contribution in [2.45, 2.75) is 6.54 Å². The molecule has 3 aromatic rings. The molecule has 0 aliphatic carbocycles. The number of hydrogen-bond donors (Lipinski definition) is 1. The van der Waals surface area contributed by atoms with Gasteiger partial charge in [-0.3, -0.25) is 4.79 Å². The number of esters is 1. The predicted octanol–water partition coefficient (Wildman–Crippen LogP) is 3.08. The summed E-state index contributed by atoms with van der Waals surface area (Å²) in [7, 11) is 4.50. The number of aromatic nitrogens is 1. The SMILES string of the molecule is COC(=O)c1ccc(NC(=O)Cn2ccc3c(OC)cc(OC)cc32)cc1. The van der Waals surface area contributed by atoms with Gasteiger partial charge in [0.1, 0.15) is 18.0 Å². The topological polar surface area (TPSA) is 78.8 Å². The second-order valence-electron chi connectivity index (χ2n) is 5.82. The fraction of sp³-hybridized carbons (Fsp3) is 0.200. The molecule has 0 spiro atoms. The van der Waals surface area contributed by atoms with E-state index in [4.69, 9.17) is 9.47 Å². The number of anilines is 1. The van der Waals surface area contributed by atoms with Crippen LogP contribution in [0.1, 0.15) is 10.4 Å². The average Bonchev–Trinajstić information content (AvgIpc) is 3.09. The summed E-state index contributed by atoms with van der Waals surface area (Å²) < 4.78 is 17.2. The van der Waals surface area contributed by atoms with Crippen LogP contribution < -0.4 is 14.8 Å². The number of nitrogens with one attached hydrogen (secondary N) is 1. The fourth-order valence-corrected chi connectivity index (χ4v) is 2.82. The van der Waals surface area contributed by atoms with Gasteiger partial charge >= 0.3 is 5.97 Å². The van der Waals surface area contributed by atoms with Crippen molar-refractivity contribution in [3.8, 4) is 11.5 Å². The summed E-state index contributed by atoms with van der Waals surface area (Å²) in [5.41, 5.74) is 1.85. The molecule has 0 aliphatic heterocycles. The second kappa shape index (κ2) is 7.82. The van der Waals surface area contributed by atoms with E-state index in [-0.39, 0.29) is 12.5 Å². The number of fused-ring (bicyclic) bond motifs is 1. The number of rotatable bonds is 6. The third kappa shape index (κ3) is 3.87. The molecule has 0 fully saturated rings. The minimum Gasteiger partial charge on any atom is -0.497 e. The van der Waals surface area contributed by atoms with Crippen molar-refractivity contribution in [2.24, 2.45) is 0 Å². The number of hydrogen-bond acceptors (Lipinski definition) is 5. The maximum absolute atomic E-state index is 12.4. The molecule has 2 aromatic carbocycles. The molecule has 7 heteroatoms. The number of ether oxygens (including phenoxy) is 3. The molecule has 0 atom stereocenters. The molecule has 0 aliphatic rings. The Morgan fingerprint density at radius 1 is 1.00 bits per heavy atom. The Morgan fingerprint density at radius 3 is 2.37 bits per heavy atom. The van der Waals surface area contributed by atoms with Crippen molar-refractivity contribution in [1.29, 1.82) is 0 Å². The zero-order valence-electron chi connectivity index (χ0n) is 15.3. The van der Waals surface area contributed by atoms with Crippen LogP contribution in [-0.2, 0) is 16.1 Å². The first kappa shape index (κ1) is 18.3. The van der Waals surface area contributed by atoms with E-state index in [2.05, 4.69) is 10.1 Å². The Morgan fingerprint density at radius 2 is 1.74 bits per heavy atom. The van der Waals surface area contributed by atoms with Crippen molar-refractivity contribution in [3.05, 3.63) is 54.2 Å². The highest BCUT2D eigenvalue weighted by Crippen LogP contribution is 2.31. The highest BCUT2D eigenvalue weighted by Gasteiger charge is 2.12. The van der Waals surface area contributed by atoms with Gasteiger partial charge < -0.3 is 24.1 Å². The first-order chi connectivity index (χ1) is 13.0. The van der Waals surface area contributed by atoms with Crippen molar-refractivity contribution in [1.82, 2.24) is 4.57 Å². The van der Waals surface area contributed by atoms with Crippen LogP contribution in [0, 0.1) is 0 Å². The maximum atomic E-state index is 12.4. The van der Waals surface area contributed by atoms with Crippen LogP contribution in [0.25, 0.3) is 10.9 Å². The van der Waals surface area contributed by atoms with E-state index in [1.807, 2.05) is 22.9 Å². The zero-order valence-corrected chi connectivity index (χ0v) is 15.3. The number of benzene rings is 2. The summed E-state index contributed by atoms with van der Waals surface area (Å²) in [6.45, 7) is 0.124. The number of nitrogens with zero attached hydrogens (tertiary/aromatic N) is 1. The molecule has 27 heavy (non-hydrogen) atoms. The highest BCUT2D eigenvalue weighted by molar-refractivity contribution is 5.94. The minimum atomic E-state index is -0.422. The van der Waals surface area contributed by atoms with Gasteiger partial charge in [0.25, 0.3) is 0 Å². The van der Waals surface area contributed by atoms with Gasteiger partial charge in [0.2, 0.25) is 5.91 Å². The molecule has 1 heterocycles. The number of carbonyl (C=O) groups excluding carboxylic acids is 2. The largest absolute Gasteiger partial charge is 0.497 e. The molecule has 3 rings (SSSR count). The number of amides is 1. The smallest absolute Gasteiger partial charge is 0.337 e. The van der Waals surface area contributed by atoms with Gasteiger partial charge in [0.15, 0.2) is 0 Å². The summed E-state index contributed by atoms with van der Waals surface area (Å²) in [5.74, 6) is 0.717. The average molecular weight is 368 g/mol. The lowest BCUT2D eigenvalue weighted by Gasteiger charge is -2.10. The van der Waals surface area contributed by atoms with E-state index in [9.17, 15) is 9.59 Å². The van der Waals surface area contributed by atoms with Gasteiger partial charge in [0.05, 0.1) is 32.4 Å². The third-order valence-electron chi connectivity index (χ3n) is 4.18. The van der Waals surface area contributed by atoms with E-state index in [1.54, 1.807) is 44.6 Å². The van der Waals surface area contributed by atoms with Gasteiger partial charge in [-0.2, -0.15) is 0 Å². The number of carbonyl (C=O) groups is 2. The standard InChI is InChI=1S/C20H20N2O5/c1-25-15-10-17-16(18(11-15)26-2)8-9-22(17)12-19(23)21-14-6-4-13(5-7-14)20(24)27-3/h4-11H,12H2,1-3H3,(H,21,23). The molecule has 0 unspecified atom stereocenters. The summed E-state index contributed by atoms with van der Waals surface area (Å²) in [6.07, 6.45) is 1.83. The Kier molecular flexibility index (Phi) is 5.30. The van der Waals surface area contributed by atoms with Crippen LogP contribution in [-0.4, -0.2) is 37.8 Å². The Hall–Kier alpha value is -3.48. The molecule has 0 bridgehead atoms. The Labute approximate surface area is 156 Å². The predicted molar refractivity (Wildman–Crippen MR) is 101 cm³/mol. The van der Waals surface area contributed by atoms with E-state index in [1.165, 1.54) is 7.11 Å². The highest BCUT2D eigenvalue weighted by atomic mass is 16.5. The monoisotopic (exact) mass is 368 g/mol. The van der Waals surface area contributed by atoms with Crippen LogP contribution in [0.15, 0.2) is 48.7 Å². The Balaban J connectivity index is 1.77. The van der Waals surface area contributed by atoms with Crippen LogP contribution in [0.4, 0.5) is 5.69 Å². The van der Waals surface area contributed by atoms with E-state index >= 15 is 0 Å². The molecule has 0 saturated carbocycles. The lowest BCUT2D eigenvalue weighted by Crippen LogP contribution is -2.18. The normalized spacial score (nSPS) is 10.5. The molecular weight excluding hydrogens is 348 g/mol. The zero-order chi connectivity index (χ0) is 19.4. The van der Waals surface area contributed by atoms with Crippen LogP contribution in [0.2, 0.25) is 0 Å². The molecule has 0 saturated heterocycles. The van der Waals surface area contributed by atoms with E-state index in [0.717, 1.165) is 10.9 Å². The van der Waals surface area contributed by atoms with Gasteiger partial charge in [-0.15, -0.1) is 0 Å².